The first-order valence-electron chi connectivity index (χ1n) is 5.43. The molecule has 1 aromatic rings. The zero-order valence-corrected chi connectivity index (χ0v) is 10.4. The molecular weight excluding hydrogens is 280 g/mol. The van der Waals surface area contributed by atoms with Crippen LogP contribution in [-0.4, -0.2) is 54.8 Å². The number of hydrogen-bond acceptors (Lipinski definition) is 8. The minimum atomic E-state index is -1.41. The first-order valence-corrected chi connectivity index (χ1v) is 5.96. The molecular formula is C9H13ClN4O5. The Bertz CT molecular complexity index is 524. The van der Waals surface area contributed by atoms with Crippen LogP contribution in [0.1, 0.15) is 12.1 Å². The van der Waals surface area contributed by atoms with Gasteiger partial charge in [-0.3, -0.25) is 0 Å². The van der Waals surface area contributed by atoms with Crippen LogP contribution in [0.4, 0.5) is 5.95 Å². The van der Waals surface area contributed by atoms with E-state index in [2.05, 4.69) is 9.97 Å². The van der Waals surface area contributed by atoms with Gasteiger partial charge in [0, 0.05) is 0 Å². The second-order valence-electron chi connectivity index (χ2n) is 4.01. The zero-order chi connectivity index (χ0) is 14.2. The average molecular weight is 293 g/mol. The number of ether oxygens (including phenoxy) is 1. The Hall–Kier alpha value is -1.26. The largest absolute Gasteiger partial charge is 0.394 e. The maximum absolute atomic E-state index is 11.8. The summed E-state index contributed by atoms with van der Waals surface area (Å²) in [6, 6.07) is 0. The number of aliphatic hydroxyl groups is 3. The number of nitrogens with zero attached hydrogens (tertiary/aromatic N) is 3. The molecule has 9 nitrogen and oxygen atoms in total. The number of alkyl halides is 1. The van der Waals surface area contributed by atoms with E-state index in [1.165, 1.54) is 0 Å². The summed E-state index contributed by atoms with van der Waals surface area (Å²) in [5.74, 6) is -0.355. The Kier molecular flexibility index (Phi) is 4.02. The molecule has 1 saturated heterocycles. The number of nitrogens with two attached hydrogens (primary N) is 1. The van der Waals surface area contributed by atoms with Crippen molar-refractivity contribution in [1.82, 2.24) is 14.5 Å². The molecule has 1 aliphatic heterocycles. The van der Waals surface area contributed by atoms with Crippen LogP contribution in [0.2, 0.25) is 0 Å². The van der Waals surface area contributed by atoms with Gasteiger partial charge in [-0.25, -0.2) is 9.36 Å². The maximum Gasteiger partial charge on any atom is 0.354 e. The molecule has 2 heterocycles. The quantitative estimate of drug-likeness (QED) is 0.450. The molecule has 0 amide bonds. The summed E-state index contributed by atoms with van der Waals surface area (Å²) in [6.07, 6.45) is -4.98. The van der Waals surface area contributed by atoms with Crippen molar-refractivity contribution in [2.24, 2.45) is 0 Å². The molecule has 0 spiro atoms. The highest BCUT2D eigenvalue weighted by Gasteiger charge is 2.44. The number of anilines is 1. The summed E-state index contributed by atoms with van der Waals surface area (Å²) >= 11 is 5.65. The highest BCUT2D eigenvalue weighted by Crippen LogP contribution is 2.29. The Morgan fingerprint density at radius 3 is 2.58 bits per heavy atom. The normalized spacial score (nSPS) is 30.7. The van der Waals surface area contributed by atoms with Crippen LogP contribution in [0.5, 0.6) is 0 Å². The van der Waals surface area contributed by atoms with E-state index in [9.17, 15) is 15.0 Å². The van der Waals surface area contributed by atoms with Gasteiger partial charge in [0.1, 0.15) is 24.1 Å². The summed E-state index contributed by atoms with van der Waals surface area (Å²) in [7, 11) is 0. The number of aliphatic hydroxyl groups excluding tert-OH is 3. The lowest BCUT2D eigenvalue weighted by Crippen LogP contribution is -2.38. The lowest BCUT2D eigenvalue weighted by molar-refractivity contribution is -0.0565. The SMILES string of the molecule is Nc1nc(CCl)n([C@@H]2O[C@H](CO)[C@@H](O)[C@H]2O)c(=O)n1. The monoisotopic (exact) mass is 292 g/mol. The van der Waals surface area contributed by atoms with E-state index in [0.717, 1.165) is 4.57 Å². The smallest absolute Gasteiger partial charge is 0.354 e. The van der Waals surface area contributed by atoms with Crippen LogP contribution in [0, 0.1) is 0 Å². The molecule has 10 heteroatoms. The average Bonchev–Trinajstić information content (AvgIpc) is 2.65. The van der Waals surface area contributed by atoms with Gasteiger partial charge in [-0.1, -0.05) is 0 Å². The van der Waals surface area contributed by atoms with Crippen molar-refractivity contribution >= 4 is 17.5 Å². The van der Waals surface area contributed by atoms with Gasteiger partial charge < -0.3 is 25.8 Å². The predicted molar refractivity (Wildman–Crippen MR) is 63.3 cm³/mol. The molecule has 5 N–H and O–H groups in total. The molecule has 0 radical (unpaired) electrons. The molecule has 1 aliphatic rings. The topological polar surface area (TPSA) is 144 Å². The van der Waals surface area contributed by atoms with Gasteiger partial charge in [0.15, 0.2) is 6.23 Å². The third kappa shape index (κ3) is 2.42. The minimum Gasteiger partial charge on any atom is -0.394 e. The van der Waals surface area contributed by atoms with Crippen LogP contribution in [0.3, 0.4) is 0 Å². The van der Waals surface area contributed by atoms with Gasteiger partial charge in [0.2, 0.25) is 5.95 Å². The van der Waals surface area contributed by atoms with Crippen LogP contribution in [0.25, 0.3) is 0 Å². The summed E-state index contributed by atoms with van der Waals surface area (Å²) < 4.78 is 6.13. The first-order chi connectivity index (χ1) is 8.99. The van der Waals surface area contributed by atoms with Gasteiger partial charge in [0.05, 0.1) is 12.5 Å². The summed E-state index contributed by atoms with van der Waals surface area (Å²) in [6.45, 7) is -0.504. The second kappa shape index (κ2) is 5.39. The standard InChI is InChI=1S/C9H13ClN4O5/c10-1-4-12-8(11)13-9(18)14(4)7-6(17)5(16)3(2-15)19-7/h3,5-7,15-17H,1-2H2,(H2,11,13,18)/t3-,5-,6-,7-/m1/s1. The van der Waals surface area contributed by atoms with E-state index in [-0.39, 0.29) is 17.7 Å². The maximum atomic E-state index is 11.8. The van der Waals surface area contributed by atoms with Crippen molar-refractivity contribution in [2.45, 2.75) is 30.4 Å². The van der Waals surface area contributed by atoms with E-state index >= 15 is 0 Å². The third-order valence-electron chi connectivity index (χ3n) is 2.83. The molecule has 4 atom stereocenters. The summed E-state index contributed by atoms with van der Waals surface area (Å²) in [5.41, 5.74) is 4.52. The van der Waals surface area contributed by atoms with Gasteiger partial charge in [0.25, 0.3) is 0 Å². The predicted octanol–water partition coefficient (Wildman–Crippen LogP) is -2.43. The Morgan fingerprint density at radius 1 is 1.37 bits per heavy atom. The number of rotatable bonds is 3. The van der Waals surface area contributed by atoms with Crippen molar-refractivity contribution in [3.63, 3.8) is 0 Å². The number of nitrogen functional groups attached to an aromatic ring is 1. The van der Waals surface area contributed by atoms with Crippen molar-refractivity contribution in [2.75, 3.05) is 12.3 Å². The van der Waals surface area contributed by atoms with E-state index < -0.39 is 36.8 Å². The van der Waals surface area contributed by atoms with E-state index in [0.29, 0.717) is 0 Å². The van der Waals surface area contributed by atoms with Gasteiger partial charge >= 0.3 is 5.69 Å². The number of aromatic nitrogens is 3. The molecule has 0 aromatic carbocycles. The highest BCUT2D eigenvalue weighted by atomic mass is 35.5. The van der Waals surface area contributed by atoms with Crippen LogP contribution < -0.4 is 11.4 Å². The molecule has 1 fully saturated rings. The lowest BCUT2D eigenvalue weighted by atomic mass is 10.1. The molecule has 1 aromatic heterocycles. The lowest BCUT2D eigenvalue weighted by Gasteiger charge is -2.19. The first kappa shape index (κ1) is 14.2. The van der Waals surface area contributed by atoms with Crippen LogP contribution in [-0.2, 0) is 10.6 Å². The van der Waals surface area contributed by atoms with Crippen molar-refractivity contribution in [3.05, 3.63) is 16.3 Å². The fourth-order valence-corrected chi connectivity index (χ4v) is 2.11. The molecule has 0 bridgehead atoms. The van der Waals surface area contributed by atoms with Crippen LogP contribution in [0.15, 0.2) is 4.79 Å². The Labute approximate surface area is 112 Å². The van der Waals surface area contributed by atoms with E-state index in [4.69, 9.17) is 27.2 Å². The summed E-state index contributed by atoms with van der Waals surface area (Å²) in [5, 5.41) is 28.5. The highest BCUT2D eigenvalue weighted by molar-refractivity contribution is 6.16. The fourth-order valence-electron chi connectivity index (χ4n) is 1.92. The Morgan fingerprint density at radius 2 is 2.05 bits per heavy atom. The molecule has 0 aliphatic carbocycles. The summed E-state index contributed by atoms with van der Waals surface area (Å²) in [4.78, 5) is 19.0. The van der Waals surface area contributed by atoms with E-state index in [1.807, 2.05) is 0 Å². The molecule has 0 unspecified atom stereocenters. The molecule has 106 valence electrons. The van der Waals surface area contributed by atoms with Crippen molar-refractivity contribution in [3.8, 4) is 0 Å². The zero-order valence-electron chi connectivity index (χ0n) is 9.68. The van der Waals surface area contributed by atoms with Crippen LogP contribution >= 0.6 is 11.6 Å². The fraction of sp³-hybridized carbons (Fsp3) is 0.667. The molecule has 2 rings (SSSR count). The van der Waals surface area contributed by atoms with Gasteiger partial charge in [-0.2, -0.15) is 9.97 Å². The second-order valence-corrected chi connectivity index (χ2v) is 4.28. The third-order valence-corrected chi connectivity index (χ3v) is 3.07. The Balaban J connectivity index is 2.45. The van der Waals surface area contributed by atoms with Gasteiger partial charge in [-0.05, 0) is 0 Å². The van der Waals surface area contributed by atoms with E-state index in [1.54, 1.807) is 0 Å². The molecule has 19 heavy (non-hydrogen) atoms. The van der Waals surface area contributed by atoms with Crippen molar-refractivity contribution < 1.29 is 20.1 Å². The number of halogens is 1. The van der Waals surface area contributed by atoms with Gasteiger partial charge in [-0.15, -0.1) is 11.6 Å². The minimum absolute atomic E-state index is 0.0500. The molecule has 0 saturated carbocycles. The van der Waals surface area contributed by atoms with Crippen molar-refractivity contribution in [1.29, 1.82) is 0 Å². The number of hydrogen-bond donors (Lipinski definition) is 4.